The second-order valence-electron chi connectivity index (χ2n) is 6.56. The summed E-state index contributed by atoms with van der Waals surface area (Å²) in [4.78, 5) is 38.1. The summed E-state index contributed by atoms with van der Waals surface area (Å²) < 4.78 is 15.6. The molecule has 0 aromatic heterocycles. The molecule has 0 radical (unpaired) electrons. The molecule has 0 saturated carbocycles. The lowest BCUT2D eigenvalue weighted by molar-refractivity contribution is -0.157. The molecule has 1 N–H and O–H groups in total. The second kappa shape index (κ2) is 9.09. The van der Waals surface area contributed by atoms with Crippen molar-refractivity contribution in [2.75, 3.05) is 20.4 Å². The molecule has 0 spiro atoms. The first kappa shape index (κ1) is 20.2. The molecule has 2 amide bonds. The third kappa shape index (κ3) is 5.25. The topological polar surface area (TPSA) is 94.2 Å². The minimum Gasteiger partial charge on any atom is -0.454 e. The van der Waals surface area contributed by atoms with E-state index >= 15 is 0 Å². The highest BCUT2D eigenvalue weighted by Crippen LogP contribution is 2.32. The molecule has 0 saturated heterocycles. The molecular weight excluding hydrogens is 376 g/mol. The van der Waals surface area contributed by atoms with E-state index in [0.717, 1.165) is 5.56 Å². The van der Waals surface area contributed by atoms with Crippen LogP contribution in [0.1, 0.15) is 22.8 Å². The van der Waals surface area contributed by atoms with Gasteiger partial charge < -0.3 is 24.4 Å². The minimum absolute atomic E-state index is 0.108. The van der Waals surface area contributed by atoms with Gasteiger partial charge in [-0.1, -0.05) is 30.3 Å². The van der Waals surface area contributed by atoms with E-state index in [1.807, 2.05) is 30.3 Å². The van der Waals surface area contributed by atoms with Gasteiger partial charge >= 0.3 is 5.97 Å². The molecule has 2 aromatic rings. The van der Waals surface area contributed by atoms with Crippen LogP contribution in [-0.2, 0) is 20.9 Å². The predicted octanol–water partition coefficient (Wildman–Crippen LogP) is 1.74. The van der Waals surface area contributed by atoms with Gasteiger partial charge in [0, 0.05) is 19.2 Å². The Labute approximate surface area is 168 Å². The zero-order valence-corrected chi connectivity index (χ0v) is 16.2. The lowest BCUT2D eigenvalue weighted by atomic mass is 10.2. The van der Waals surface area contributed by atoms with E-state index in [-0.39, 0.29) is 19.2 Å². The van der Waals surface area contributed by atoms with Crippen molar-refractivity contribution in [2.24, 2.45) is 0 Å². The highest BCUT2D eigenvalue weighted by molar-refractivity contribution is 5.96. The minimum atomic E-state index is -0.960. The zero-order chi connectivity index (χ0) is 20.8. The normalized spacial score (nSPS) is 12.8. The summed E-state index contributed by atoms with van der Waals surface area (Å²) in [6.07, 6.45) is -0.960. The number of rotatable bonds is 7. The number of carbonyl (C=O) groups excluding carboxylic acids is 3. The number of nitrogens with zero attached hydrogens (tertiary/aromatic N) is 1. The maximum Gasteiger partial charge on any atom is 0.326 e. The van der Waals surface area contributed by atoms with E-state index < -0.39 is 18.0 Å². The van der Waals surface area contributed by atoms with Crippen LogP contribution in [0.5, 0.6) is 11.5 Å². The van der Waals surface area contributed by atoms with Crippen molar-refractivity contribution >= 4 is 17.8 Å². The molecule has 0 fully saturated rings. The fourth-order valence-corrected chi connectivity index (χ4v) is 2.83. The number of amides is 2. The maximum absolute atomic E-state index is 12.4. The summed E-state index contributed by atoms with van der Waals surface area (Å²) in [6, 6.07) is 14.2. The van der Waals surface area contributed by atoms with Crippen LogP contribution in [0.25, 0.3) is 0 Å². The number of likely N-dealkylation sites (N-methyl/N-ethyl adjacent to an activating group) is 1. The summed E-state index contributed by atoms with van der Waals surface area (Å²) in [7, 11) is 1.64. The molecule has 152 valence electrons. The number of carbonyl (C=O) groups is 3. The van der Waals surface area contributed by atoms with E-state index in [4.69, 9.17) is 14.2 Å². The van der Waals surface area contributed by atoms with Crippen molar-refractivity contribution in [1.29, 1.82) is 0 Å². The number of nitrogens with one attached hydrogen (secondary N) is 1. The van der Waals surface area contributed by atoms with Gasteiger partial charge in [0.05, 0.1) is 0 Å². The van der Waals surface area contributed by atoms with Crippen LogP contribution in [0.3, 0.4) is 0 Å². The van der Waals surface area contributed by atoms with E-state index in [2.05, 4.69) is 5.32 Å². The monoisotopic (exact) mass is 398 g/mol. The number of benzene rings is 2. The predicted molar refractivity (Wildman–Crippen MR) is 103 cm³/mol. The van der Waals surface area contributed by atoms with Crippen molar-refractivity contribution in [3.05, 3.63) is 59.7 Å². The number of fused-ring (bicyclic) bond motifs is 1. The largest absolute Gasteiger partial charge is 0.454 e. The molecule has 0 unspecified atom stereocenters. The zero-order valence-electron chi connectivity index (χ0n) is 16.2. The Hall–Kier alpha value is -3.55. The van der Waals surface area contributed by atoms with Crippen LogP contribution >= 0.6 is 0 Å². The molecule has 1 aliphatic heterocycles. The smallest absolute Gasteiger partial charge is 0.326 e. The Morgan fingerprint density at radius 2 is 1.83 bits per heavy atom. The first-order valence-corrected chi connectivity index (χ1v) is 9.10. The van der Waals surface area contributed by atoms with Gasteiger partial charge in [0.25, 0.3) is 11.8 Å². The molecule has 8 nitrogen and oxygen atoms in total. The Morgan fingerprint density at radius 1 is 1.10 bits per heavy atom. The Balaban J connectivity index is 1.45. The van der Waals surface area contributed by atoms with Gasteiger partial charge in [0.1, 0.15) is 6.54 Å². The SMILES string of the molecule is C[C@H](OC(=O)CNC(=O)c1ccc2c(c1)OCO2)C(=O)N(C)Cc1ccccc1. The average Bonchev–Trinajstić information content (AvgIpc) is 3.20. The maximum atomic E-state index is 12.4. The molecule has 0 aliphatic carbocycles. The highest BCUT2D eigenvalue weighted by atomic mass is 16.7. The molecule has 2 aromatic carbocycles. The summed E-state index contributed by atoms with van der Waals surface area (Å²) in [6.45, 7) is 1.66. The molecule has 3 rings (SSSR count). The van der Waals surface area contributed by atoms with Crippen molar-refractivity contribution in [3.8, 4) is 11.5 Å². The van der Waals surface area contributed by atoms with Crippen LogP contribution in [0.15, 0.2) is 48.5 Å². The fourth-order valence-electron chi connectivity index (χ4n) is 2.83. The van der Waals surface area contributed by atoms with Crippen LogP contribution in [0, 0.1) is 0 Å². The lowest BCUT2D eigenvalue weighted by Crippen LogP contribution is -2.39. The standard InChI is InChI=1S/C21H22N2O6/c1-14(21(26)23(2)12-15-6-4-3-5-7-15)29-19(24)11-22-20(25)16-8-9-17-18(10-16)28-13-27-17/h3-10,14H,11-13H2,1-2H3,(H,22,25)/t14-/m0/s1. The van der Waals surface area contributed by atoms with Gasteiger partial charge in [-0.2, -0.15) is 0 Å². The van der Waals surface area contributed by atoms with Gasteiger partial charge in [0.2, 0.25) is 6.79 Å². The Bertz CT molecular complexity index is 899. The quantitative estimate of drug-likeness (QED) is 0.714. The third-order valence-electron chi connectivity index (χ3n) is 4.32. The summed E-state index contributed by atoms with van der Waals surface area (Å²) in [5.74, 6) is -0.452. The van der Waals surface area contributed by atoms with Crippen molar-refractivity contribution in [2.45, 2.75) is 19.6 Å². The number of hydrogen-bond donors (Lipinski definition) is 1. The molecule has 29 heavy (non-hydrogen) atoms. The van der Waals surface area contributed by atoms with E-state index in [1.54, 1.807) is 19.2 Å². The number of esters is 1. The third-order valence-corrected chi connectivity index (χ3v) is 4.32. The molecular formula is C21H22N2O6. The van der Waals surface area contributed by atoms with E-state index in [0.29, 0.717) is 23.6 Å². The van der Waals surface area contributed by atoms with Crippen molar-refractivity contribution < 1.29 is 28.6 Å². The van der Waals surface area contributed by atoms with E-state index in [9.17, 15) is 14.4 Å². The average molecular weight is 398 g/mol. The number of ether oxygens (including phenoxy) is 3. The second-order valence-corrected chi connectivity index (χ2v) is 6.56. The summed E-state index contributed by atoms with van der Waals surface area (Å²) >= 11 is 0. The van der Waals surface area contributed by atoms with Crippen LogP contribution in [0.4, 0.5) is 0 Å². The van der Waals surface area contributed by atoms with Crippen LogP contribution in [-0.4, -0.2) is 49.2 Å². The van der Waals surface area contributed by atoms with Crippen molar-refractivity contribution in [3.63, 3.8) is 0 Å². The molecule has 0 bridgehead atoms. The molecule has 1 atom stereocenters. The van der Waals surface area contributed by atoms with Crippen LogP contribution in [0.2, 0.25) is 0 Å². The van der Waals surface area contributed by atoms with Gasteiger partial charge in [-0.05, 0) is 30.7 Å². The van der Waals surface area contributed by atoms with Gasteiger partial charge in [-0.25, -0.2) is 0 Å². The van der Waals surface area contributed by atoms with Crippen molar-refractivity contribution in [1.82, 2.24) is 10.2 Å². The highest BCUT2D eigenvalue weighted by Gasteiger charge is 2.22. The summed E-state index contributed by atoms with van der Waals surface area (Å²) in [5.41, 5.74) is 1.30. The van der Waals surface area contributed by atoms with Crippen LogP contribution < -0.4 is 14.8 Å². The molecule has 1 aliphatic rings. The lowest BCUT2D eigenvalue weighted by Gasteiger charge is -2.21. The molecule has 8 heteroatoms. The number of hydrogen-bond acceptors (Lipinski definition) is 6. The Kier molecular flexibility index (Phi) is 6.33. The van der Waals surface area contributed by atoms with Gasteiger partial charge in [-0.15, -0.1) is 0 Å². The Morgan fingerprint density at radius 3 is 2.59 bits per heavy atom. The van der Waals surface area contributed by atoms with Gasteiger partial charge in [0.15, 0.2) is 17.6 Å². The molecule has 1 heterocycles. The summed E-state index contributed by atoms with van der Waals surface area (Å²) in [5, 5.41) is 2.47. The first-order chi connectivity index (χ1) is 13.9. The first-order valence-electron chi connectivity index (χ1n) is 9.10. The fraction of sp³-hybridized carbons (Fsp3) is 0.286. The van der Waals surface area contributed by atoms with Gasteiger partial charge in [-0.3, -0.25) is 14.4 Å². The van der Waals surface area contributed by atoms with E-state index in [1.165, 1.54) is 17.9 Å².